The van der Waals surface area contributed by atoms with Gasteiger partial charge in [-0.3, -0.25) is 0 Å². The van der Waals surface area contributed by atoms with E-state index in [9.17, 15) is 0 Å². The number of benzene rings is 2. The van der Waals surface area contributed by atoms with E-state index in [2.05, 4.69) is 37.9 Å². The van der Waals surface area contributed by atoms with Gasteiger partial charge < -0.3 is 9.47 Å². The lowest BCUT2D eigenvalue weighted by Crippen LogP contribution is -1.98. The molecule has 21 heavy (non-hydrogen) atoms. The van der Waals surface area contributed by atoms with Gasteiger partial charge in [0.2, 0.25) is 0 Å². The van der Waals surface area contributed by atoms with Crippen LogP contribution in [0.1, 0.15) is 21.5 Å². The van der Waals surface area contributed by atoms with Crippen molar-refractivity contribution < 1.29 is 9.47 Å². The number of rotatable bonds is 4. The summed E-state index contributed by atoms with van der Waals surface area (Å²) >= 11 is 13.5. The maximum atomic E-state index is 6.21. The monoisotopic (exact) mass is 432 g/mol. The van der Waals surface area contributed by atoms with Crippen LogP contribution in [0, 0.1) is 6.92 Å². The van der Waals surface area contributed by atoms with Crippen LogP contribution in [-0.4, -0.2) is 14.2 Å². The molecule has 0 heterocycles. The van der Waals surface area contributed by atoms with Gasteiger partial charge in [0.15, 0.2) is 11.5 Å². The molecule has 1 unspecified atom stereocenters. The zero-order chi connectivity index (χ0) is 15.6. The van der Waals surface area contributed by atoms with Crippen molar-refractivity contribution in [3.8, 4) is 11.5 Å². The topological polar surface area (TPSA) is 18.5 Å². The highest BCUT2D eigenvalue weighted by molar-refractivity contribution is 9.11. The summed E-state index contributed by atoms with van der Waals surface area (Å²) in [5.41, 5.74) is 3.19. The first-order chi connectivity index (χ1) is 9.97. The molecule has 0 amide bonds. The van der Waals surface area contributed by atoms with Gasteiger partial charge in [-0.05, 0) is 41.8 Å². The lowest BCUT2D eigenvalue weighted by molar-refractivity contribution is 0.354. The van der Waals surface area contributed by atoms with Crippen molar-refractivity contribution >= 4 is 43.5 Å². The molecule has 0 saturated carbocycles. The van der Waals surface area contributed by atoms with E-state index in [1.165, 1.54) is 0 Å². The lowest BCUT2D eigenvalue weighted by Gasteiger charge is -2.17. The largest absolute Gasteiger partial charge is 0.493 e. The number of hydrogen-bond donors (Lipinski definition) is 0. The van der Waals surface area contributed by atoms with Crippen LogP contribution in [0.5, 0.6) is 11.5 Å². The van der Waals surface area contributed by atoms with Crippen LogP contribution in [0.25, 0.3) is 0 Å². The van der Waals surface area contributed by atoms with E-state index in [-0.39, 0.29) is 4.83 Å². The summed E-state index contributed by atoms with van der Waals surface area (Å²) in [6, 6.07) is 9.90. The molecule has 0 aromatic heterocycles. The molecule has 0 radical (unpaired) electrons. The summed E-state index contributed by atoms with van der Waals surface area (Å²) in [7, 11) is 3.25. The van der Waals surface area contributed by atoms with Gasteiger partial charge in [-0.2, -0.15) is 0 Å². The molecule has 0 N–H and O–H groups in total. The standard InChI is InChI=1S/C16H15Br2ClO2/c1-9-4-5-10(6-13(9)19)16(18)11-7-14(20-2)15(21-3)8-12(11)17/h4-8,16H,1-3H3. The van der Waals surface area contributed by atoms with Gasteiger partial charge in [0, 0.05) is 9.50 Å². The normalized spacial score (nSPS) is 12.1. The second-order valence-electron chi connectivity index (χ2n) is 4.60. The molecular formula is C16H15Br2ClO2. The van der Waals surface area contributed by atoms with E-state index < -0.39 is 0 Å². The second kappa shape index (κ2) is 7.03. The van der Waals surface area contributed by atoms with Gasteiger partial charge >= 0.3 is 0 Å². The maximum absolute atomic E-state index is 6.21. The molecule has 0 spiro atoms. The highest BCUT2D eigenvalue weighted by Gasteiger charge is 2.18. The maximum Gasteiger partial charge on any atom is 0.161 e. The van der Waals surface area contributed by atoms with Crippen LogP contribution in [0.15, 0.2) is 34.8 Å². The highest BCUT2D eigenvalue weighted by atomic mass is 79.9. The van der Waals surface area contributed by atoms with Gasteiger partial charge in [-0.25, -0.2) is 0 Å². The average Bonchev–Trinajstić information content (AvgIpc) is 2.49. The van der Waals surface area contributed by atoms with Crippen LogP contribution in [0.2, 0.25) is 5.02 Å². The summed E-state index contributed by atoms with van der Waals surface area (Å²) in [6.07, 6.45) is 0. The van der Waals surface area contributed by atoms with E-state index in [1.54, 1.807) is 14.2 Å². The van der Waals surface area contributed by atoms with E-state index in [1.807, 2.05) is 31.2 Å². The van der Waals surface area contributed by atoms with E-state index >= 15 is 0 Å². The highest BCUT2D eigenvalue weighted by Crippen LogP contribution is 2.42. The van der Waals surface area contributed by atoms with Crippen molar-refractivity contribution in [3.05, 3.63) is 56.5 Å². The number of methoxy groups -OCH3 is 2. The third-order valence-electron chi connectivity index (χ3n) is 3.26. The summed E-state index contributed by atoms with van der Waals surface area (Å²) < 4.78 is 11.6. The lowest BCUT2D eigenvalue weighted by atomic mass is 10.0. The molecule has 0 saturated heterocycles. The van der Waals surface area contributed by atoms with Gasteiger partial charge in [0.25, 0.3) is 0 Å². The van der Waals surface area contributed by atoms with Gasteiger partial charge in [0.1, 0.15) is 0 Å². The van der Waals surface area contributed by atoms with Crippen LogP contribution in [-0.2, 0) is 0 Å². The van der Waals surface area contributed by atoms with Crippen molar-refractivity contribution in [1.82, 2.24) is 0 Å². The van der Waals surface area contributed by atoms with Crippen LogP contribution < -0.4 is 9.47 Å². The summed E-state index contributed by atoms with van der Waals surface area (Å²) in [4.78, 5) is 0.00443. The molecule has 2 rings (SSSR count). The fourth-order valence-electron chi connectivity index (χ4n) is 2.01. The quantitative estimate of drug-likeness (QED) is 0.557. The van der Waals surface area contributed by atoms with Gasteiger partial charge in [-0.1, -0.05) is 55.6 Å². The predicted octanol–water partition coefficient (Wildman–Crippen LogP) is 5.91. The van der Waals surface area contributed by atoms with Crippen LogP contribution in [0.3, 0.4) is 0 Å². The smallest absolute Gasteiger partial charge is 0.161 e. The molecule has 0 fully saturated rings. The Kier molecular flexibility index (Phi) is 5.58. The fraction of sp³-hybridized carbons (Fsp3) is 0.250. The van der Waals surface area contributed by atoms with Crippen molar-refractivity contribution in [2.24, 2.45) is 0 Å². The zero-order valence-electron chi connectivity index (χ0n) is 11.9. The molecule has 0 aliphatic carbocycles. The first-order valence-corrected chi connectivity index (χ1v) is 8.38. The zero-order valence-corrected chi connectivity index (χ0v) is 15.8. The molecule has 2 aromatic carbocycles. The number of hydrogen-bond acceptors (Lipinski definition) is 2. The minimum Gasteiger partial charge on any atom is -0.493 e. The Hall–Kier alpha value is -0.710. The average molecular weight is 435 g/mol. The molecular weight excluding hydrogens is 419 g/mol. The molecule has 5 heteroatoms. The minimum absolute atomic E-state index is 0.00443. The second-order valence-corrected chi connectivity index (χ2v) is 6.78. The van der Waals surface area contributed by atoms with Crippen molar-refractivity contribution in [2.45, 2.75) is 11.8 Å². The van der Waals surface area contributed by atoms with Gasteiger partial charge in [-0.15, -0.1) is 0 Å². The first-order valence-electron chi connectivity index (χ1n) is 6.29. The summed E-state index contributed by atoms with van der Waals surface area (Å²) in [5, 5.41) is 0.758. The van der Waals surface area contributed by atoms with Crippen molar-refractivity contribution in [2.75, 3.05) is 14.2 Å². The van der Waals surface area contributed by atoms with Crippen molar-refractivity contribution in [1.29, 1.82) is 0 Å². The molecule has 0 aliphatic heterocycles. The molecule has 2 aromatic rings. The Balaban J connectivity index is 2.47. The summed E-state index contributed by atoms with van der Waals surface area (Å²) in [6.45, 7) is 1.99. The fourth-order valence-corrected chi connectivity index (χ4v) is 3.72. The number of halogens is 3. The van der Waals surface area contributed by atoms with E-state index in [4.69, 9.17) is 21.1 Å². The Labute approximate surface area is 146 Å². The molecule has 0 bridgehead atoms. The van der Waals surface area contributed by atoms with Gasteiger partial charge in [0.05, 0.1) is 19.0 Å². The Morgan fingerprint density at radius 2 is 1.67 bits per heavy atom. The summed E-state index contributed by atoms with van der Waals surface area (Å²) in [5.74, 6) is 1.38. The van der Waals surface area contributed by atoms with Crippen LogP contribution in [0.4, 0.5) is 0 Å². The van der Waals surface area contributed by atoms with E-state index in [0.717, 1.165) is 26.2 Å². The number of aryl methyl sites for hydroxylation is 1. The van der Waals surface area contributed by atoms with Crippen LogP contribution >= 0.6 is 43.5 Å². The SMILES string of the molecule is COc1cc(Br)c(C(Br)c2ccc(C)c(Cl)c2)cc1OC. The minimum atomic E-state index is 0.00443. The number of alkyl halides is 1. The molecule has 0 aliphatic rings. The third kappa shape index (κ3) is 3.55. The third-order valence-corrected chi connectivity index (χ3v) is 5.38. The Bertz CT molecular complexity index is 659. The number of ether oxygens (including phenoxy) is 2. The molecule has 1 atom stereocenters. The first kappa shape index (κ1) is 16.7. The van der Waals surface area contributed by atoms with Crippen molar-refractivity contribution in [3.63, 3.8) is 0 Å². The molecule has 112 valence electrons. The molecule has 2 nitrogen and oxygen atoms in total. The van der Waals surface area contributed by atoms with E-state index in [0.29, 0.717) is 11.5 Å². The Morgan fingerprint density at radius 3 is 2.24 bits per heavy atom. The predicted molar refractivity (Wildman–Crippen MR) is 94.2 cm³/mol. The Morgan fingerprint density at radius 1 is 1.05 bits per heavy atom.